The summed E-state index contributed by atoms with van der Waals surface area (Å²) in [5.74, 6) is -0.359. The van der Waals surface area contributed by atoms with Gasteiger partial charge in [-0.1, -0.05) is 6.92 Å². The van der Waals surface area contributed by atoms with Crippen molar-refractivity contribution in [2.24, 2.45) is 0 Å². The Morgan fingerprint density at radius 2 is 1.62 bits per heavy atom. The van der Waals surface area contributed by atoms with Crippen LogP contribution >= 0.6 is 0 Å². The molecule has 1 saturated heterocycles. The number of rotatable bonds is 5. The van der Waals surface area contributed by atoms with E-state index in [-0.39, 0.29) is 24.9 Å². The third-order valence-electron chi connectivity index (χ3n) is 3.38. The molecule has 1 fully saturated rings. The number of carbonyl (C=O) groups excluding carboxylic acids is 2. The first-order valence-electron chi connectivity index (χ1n) is 7.05. The molecular weight excluding hydrogens is 287 g/mol. The number of amides is 2. The van der Waals surface area contributed by atoms with Gasteiger partial charge in [0.25, 0.3) is 0 Å². The maximum absolute atomic E-state index is 12.5. The Hall–Kier alpha value is -1.31. The lowest BCUT2D eigenvalue weighted by molar-refractivity contribution is -0.153. The maximum Gasteiger partial charge on any atom is 0.401 e. The van der Waals surface area contributed by atoms with Gasteiger partial charge in [-0.2, -0.15) is 13.2 Å². The van der Waals surface area contributed by atoms with E-state index in [4.69, 9.17) is 0 Å². The lowest BCUT2D eigenvalue weighted by atomic mass is 10.3. The first-order valence-corrected chi connectivity index (χ1v) is 7.05. The van der Waals surface area contributed by atoms with Gasteiger partial charge in [0.05, 0.1) is 13.1 Å². The van der Waals surface area contributed by atoms with Crippen molar-refractivity contribution in [1.29, 1.82) is 0 Å². The highest BCUT2D eigenvalue weighted by atomic mass is 19.4. The van der Waals surface area contributed by atoms with Gasteiger partial charge in [-0.05, 0) is 13.0 Å². The van der Waals surface area contributed by atoms with Gasteiger partial charge in [0.15, 0.2) is 0 Å². The van der Waals surface area contributed by atoms with Crippen LogP contribution in [0.3, 0.4) is 0 Å². The summed E-state index contributed by atoms with van der Waals surface area (Å²) in [6.45, 7) is 3.81. The van der Waals surface area contributed by atoms with Crippen LogP contribution in [0.2, 0.25) is 0 Å². The largest absolute Gasteiger partial charge is 0.401 e. The molecule has 0 saturated carbocycles. The maximum atomic E-state index is 12.5. The molecular formula is C13H22F3N3O2. The topological polar surface area (TPSA) is 43.9 Å². The van der Waals surface area contributed by atoms with Crippen molar-refractivity contribution in [1.82, 2.24) is 14.7 Å². The second-order valence-electron chi connectivity index (χ2n) is 5.21. The van der Waals surface area contributed by atoms with Crippen LogP contribution in [0.5, 0.6) is 0 Å². The monoisotopic (exact) mass is 309 g/mol. The minimum absolute atomic E-state index is 0.0493. The summed E-state index contributed by atoms with van der Waals surface area (Å²) in [5.41, 5.74) is 0. The molecule has 2 amide bonds. The first-order chi connectivity index (χ1) is 9.73. The van der Waals surface area contributed by atoms with Crippen molar-refractivity contribution < 1.29 is 22.8 Å². The molecule has 8 heteroatoms. The highest BCUT2D eigenvalue weighted by Gasteiger charge is 2.32. The number of alkyl halides is 3. The van der Waals surface area contributed by atoms with Crippen LogP contribution in [0.4, 0.5) is 13.2 Å². The third kappa shape index (κ3) is 6.33. The molecule has 1 aliphatic rings. The Morgan fingerprint density at radius 3 is 2.05 bits per heavy atom. The summed E-state index contributed by atoms with van der Waals surface area (Å²) in [5, 5.41) is 0. The van der Waals surface area contributed by atoms with Gasteiger partial charge in [0.1, 0.15) is 0 Å². The average Bonchev–Trinajstić information content (AvgIpc) is 2.37. The molecule has 0 N–H and O–H groups in total. The van der Waals surface area contributed by atoms with E-state index in [1.165, 1.54) is 11.8 Å². The van der Waals surface area contributed by atoms with Gasteiger partial charge in [-0.15, -0.1) is 0 Å². The smallest absolute Gasteiger partial charge is 0.339 e. The van der Waals surface area contributed by atoms with E-state index in [0.717, 1.165) is 4.90 Å². The predicted octanol–water partition coefficient (Wildman–Crippen LogP) is 0.951. The Balaban J connectivity index is 2.49. The van der Waals surface area contributed by atoms with E-state index in [1.54, 1.807) is 11.8 Å². The van der Waals surface area contributed by atoms with E-state index in [0.29, 0.717) is 32.6 Å². The summed E-state index contributed by atoms with van der Waals surface area (Å²) >= 11 is 0. The number of carbonyl (C=O) groups is 2. The molecule has 0 spiro atoms. The summed E-state index contributed by atoms with van der Waals surface area (Å²) in [6, 6.07) is 0. The molecule has 122 valence electrons. The van der Waals surface area contributed by atoms with Crippen LogP contribution in [0.1, 0.15) is 20.3 Å². The fourth-order valence-electron chi connectivity index (χ4n) is 2.35. The van der Waals surface area contributed by atoms with Crippen LogP contribution in [0.15, 0.2) is 0 Å². The van der Waals surface area contributed by atoms with Gasteiger partial charge in [0, 0.05) is 33.1 Å². The molecule has 21 heavy (non-hydrogen) atoms. The Labute approximate surface area is 122 Å². The summed E-state index contributed by atoms with van der Waals surface area (Å²) in [4.78, 5) is 27.5. The lowest BCUT2D eigenvalue weighted by Gasteiger charge is -2.35. The van der Waals surface area contributed by atoms with Crippen molar-refractivity contribution >= 4 is 11.8 Å². The Bertz CT molecular complexity index is 366. The second kappa shape index (κ2) is 7.63. The fourth-order valence-corrected chi connectivity index (χ4v) is 2.35. The quantitative estimate of drug-likeness (QED) is 0.759. The van der Waals surface area contributed by atoms with Gasteiger partial charge in [-0.3, -0.25) is 14.5 Å². The molecule has 0 aromatic heterocycles. The standard InChI is InChI=1S/C13H22F3N3O2/c1-3-4-17(10-13(14,15)16)9-12(21)19-7-5-18(6-8-19)11(2)20/h3-10H2,1-2H3. The fraction of sp³-hybridized carbons (Fsp3) is 0.846. The molecule has 0 aliphatic carbocycles. The number of halogens is 3. The zero-order valence-corrected chi connectivity index (χ0v) is 12.4. The zero-order chi connectivity index (χ0) is 16.0. The van der Waals surface area contributed by atoms with Gasteiger partial charge >= 0.3 is 6.18 Å². The minimum Gasteiger partial charge on any atom is -0.339 e. The van der Waals surface area contributed by atoms with Crippen molar-refractivity contribution in [3.8, 4) is 0 Å². The lowest BCUT2D eigenvalue weighted by Crippen LogP contribution is -2.52. The highest BCUT2D eigenvalue weighted by Crippen LogP contribution is 2.16. The second-order valence-corrected chi connectivity index (χ2v) is 5.21. The highest BCUT2D eigenvalue weighted by molar-refractivity contribution is 5.79. The number of hydrogen-bond acceptors (Lipinski definition) is 3. The van der Waals surface area contributed by atoms with Crippen molar-refractivity contribution in [3.63, 3.8) is 0 Å². The number of piperazine rings is 1. The van der Waals surface area contributed by atoms with Crippen LogP contribution in [-0.4, -0.2) is 78.5 Å². The SMILES string of the molecule is CCCN(CC(=O)N1CCN(C(C)=O)CC1)CC(F)(F)F. The molecule has 0 bridgehead atoms. The molecule has 0 radical (unpaired) electrons. The third-order valence-corrected chi connectivity index (χ3v) is 3.38. The Kier molecular flexibility index (Phi) is 6.44. The summed E-state index contributed by atoms with van der Waals surface area (Å²) < 4.78 is 37.4. The Morgan fingerprint density at radius 1 is 1.10 bits per heavy atom. The van der Waals surface area contributed by atoms with Crippen molar-refractivity contribution in [2.75, 3.05) is 45.8 Å². The average molecular weight is 309 g/mol. The van der Waals surface area contributed by atoms with Gasteiger partial charge in [-0.25, -0.2) is 0 Å². The van der Waals surface area contributed by atoms with Crippen LogP contribution in [-0.2, 0) is 9.59 Å². The summed E-state index contributed by atoms with van der Waals surface area (Å²) in [7, 11) is 0. The molecule has 5 nitrogen and oxygen atoms in total. The van der Waals surface area contributed by atoms with E-state index >= 15 is 0 Å². The van der Waals surface area contributed by atoms with Crippen molar-refractivity contribution in [2.45, 2.75) is 26.4 Å². The van der Waals surface area contributed by atoms with Gasteiger partial charge < -0.3 is 9.80 Å². The molecule has 1 heterocycles. The molecule has 0 unspecified atom stereocenters. The zero-order valence-electron chi connectivity index (χ0n) is 12.4. The van der Waals surface area contributed by atoms with Gasteiger partial charge in [0.2, 0.25) is 11.8 Å². The van der Waals surface area contributed by atoms with E-state index in [1.807, 2.05) is 0 Å². The molecule has 0 atom stereocenters. The van der Waals surface area contributed by atoms with E-state index < -0.39 is 12.7 Å². The molecule has 1 aliphatic heterocycles. The normalized spacial score (nSPS) is 16.5. The number of nitrogens with zero attached hydrogens (tertiary/aromatic N) is 3. The summed E-state index contributed by atoms with van der Waals surface area (Å²) in [6.07, 6.45) is -3.75. The molecule has 0 aromatic carbocycles. The molecule has 1 rings (SSSR count). The van der Waals surface area contributed by atoms with E-state index in [2.05, 4.69) is 0 Å². The van der Waals surface area contributed by atoms with Crippen LogP contribution in [0, 0.1) is 0 Å². The first kappa shape index (κ1) is 17.7. The van der Waals surface area contributed by atoms with Crippen LogP contribution < -0.4 is 0 Å². The van der Waals surface area contributed by atoms with Crippen LogP contribution in [0.25, 0.3) is 0 Å². The number of hydrogen-bond donors (Lipinski definition) is 0. The predicted molar refractivity (Wildman–Crippen MR) is 71.6 cm³/mol. The molecule has 0 aromatic rings. The van der Waals surface area contributed by atoms with Crippen molar-refractivity contribution in [3.05, 3.63) is 0 Å². The minimum atomic E-state index is -4.30. The van der Waals surface area contributed by atoms with E-state index in [9.17, 15) is 22.8 Å².